The maximum atomic E-state index is 12.8. The summed E-state index contributed by atoms with van der Waals surface area (Å²) in [5.41, 5.74) is 1.72. The lowest BCUT2D eigenvalue weighted by atomic mass is 10.0. The van der Waals surface area contributed by atoms with Crippen LogP contribution in [0.25, 0.3) is 6.08 Å². The highest BCUT2D eigenvalue weighted by Crippen LogP contribution is 2.37. The van der Waals surface area contributed by atoms with E-state index in [4.69, 9.17) is 23.7 Å². The number of benzene rings is 2. The van der Waals surface area contributed by atoms with Crippen molar-refractivity contribution in [3.8, 4) is 28.7 Å². The SMILES string of the molecule is COc1cc(OC)c(/C=C(\C)C(=O)c2ccc3c(c2)OCO3)c(OC)c1. The Kier molecular flexibility index (Phi) is 5.02. The normalized spacial score (nSPS) is 12.7. The molecular weight excluding hydrogens is 336 g/mol. The van der Waals surface area contributed by atoms with E-state index < -0.39 is 0 Å². The van der Waals surface area contributed by atoms with Crippen LogP contribution in [0.5, 0.6) is 28.7 Å². The van der Waals surface area contributed by atoms with Crippen LogP contribution in [-0.2, 0) is 0 Å². The second kappa shape index (κ2) is 7.39. The molecule has 6 heteroatoms. The Morgan fingerprint density at radius 1 is 0.962 bits per heavy atom. The number of ether oxygens (including phenoxy) is 5. The fourth-order valence-corrected chi connectivity index (χ4v) is 2.72. The monoisotopic (exact) mass is 356 g/mol. The number of fused-ring (bicyclic) bond motifs is 1. The molecule has 26 heavy (non-hydrogen) atoms. The zero-order valence-electron chi connectivity index (χ0n) is 15.1. The maximum absolute atomic E-state index is 12.8. The van der Waals surface area contributed by atoms with Gasteiger partial charge < -0.3 is 23.7 Å². The number of methoxy groups -OCH3 is 3. The Labute approximate surface area is 151 Å². The van der Waals surface area contributed by atoms with Gasteiger partial charge in [-0.25, -0.2) is 0 Å². The quantitative estimate of drug-likeness (QED) is 0.581. The molecular formula is C20H20O6. The molecule has 0 saturated carbocycles. The molecule has 1 aliphatic rings. The van der Waals surface area contributed by atoms with Crippen molar-refractivity contribution >= 4 is 11.9 Å². The van der Waals surface area contributed by atoms with Gasteiger partial charge in [0.05, 0.1) is 26.9 Å². The topological polar surface area (TPSA) is 63.2 Å². The molecule has 0 aliphatic carbocycles. The number of rotatable bonds is 6. The highest BCUT2D eigenvalue weighted by Gasteiger charge is 2.18. The first kappa shape index (κ1) is 17.7. The van der Waals surface area contributed by atoms with E-state index in [1.54, 1.807) is 64.7 Å². The fraction of sp³-hybridized carbons (Fsp3) is 0.250. The molecule has 1 heterocycles. The number of Topliss-reactive ketones (excluding diaryl/α,β-unsaturated/α-hetero) is 1. The molecule has 0 radical (unpaired) electrons. The predicted octanol–water partition coefficient (Wildman–Crippen LogP) is 3.73. The third-order valence-corrected chi connectivity index (χ3v) is 4.11. The van der Waals surface area contributed by atoms with E-state index in [0.29, 0.717) is 45.4 Å². The van der Waals surface area contributed by atoms with Crippen molar-refractivity contribution in [2.45, 2.75) is 6.92 Å². The minimum absolute atomic E-state index is 0.122. The van der Waals surface area contributed by atoms with Gasteiger partial charge in [0.2, 0.25) is 6.79 Å². The molecule has 2 aromatic rings. The van der Waals surface area contributed by atoms with E-state index in [9.17, 15) is 4.79 Å². The first-order valence-corrected chi connectivity index (χ1v) is 8.00. The number of ketones is 1. The Morgan fingerprint density at radius 2 is 1.62 bits per heavy atom. The summed E-state index contributed by atoms with van der Waals surface area (Å²) in [5.74, 6) is 2.81. The van der Waals surface area contributed by atoms with Crippen LogP contribution in [0.15, 0.2) is 35.9 Å². The Hall–Kier alpha value is -3.15. The van der Waals surface area contributed by atoms with Gasteiger partial charge in [-0.3, -0.25) is 4.79 Å². The lowest BCUT2D eigenvalue weighted by Gasteiger charge is -2.13. The third-order valence-electron chi connectivity index (χ3n) is 4.11. The number of hydrogen-bond acceptors (Lipinski definition) is 6. The van der Waals surface area contributed by atoms with E-state index >= 15 is 0 Å². The van der Waals surface area contributed by atoms with Crippen molar-refractivity contribution < 1.29 is 28.5 Å². The van der Waals surface area contributed by atoms with Crippen LogP contribution < -0.4 is 23.7 Å². The van der Waals surface area contributed by atoms with Gasteiger partial charge >= 0.3 is 0 Å². The maximum Gasteiger partial charge on any atom is 0.231 e. The van der Waals surface area contributed by atoms with Gasteiger partial charge in [0.1, 0.15) is 17.2 Å². The van der Waals surface area contributed by atoms with E-state index in [2.05, 4.69) is 0 Å². The van der Waals surface area contributed by atoms with Gasteiger partial charge in [-0.15, -0.1) is 0 Å². The molecule has 6 nitrogen and oxygen atoms in total. The molecule has 2 aromatic carbocycles. The van der Waals surface area contributed by atoms with Gasteiger partial charge in [-0.2, -0.15) is 0 Å². The number of allylic oxidation sites excluding steroid dienone is 1. The average Bonchev–Trinajstić information content (AvgIpc) is 3.14. The smallest absolute Gasteiger partial charge is 0.231 e. The molecule has 136 valence electrons. The summed E-state index contributed by atoms with van der Waals surface area (Å²) in [6.07, 6.45) is 1.74. The van der Waals surface area contributed by atoms with Crippen LogP contribution in [0.2, 0.25) is 0 Å². The van der Waals surface area contributed by atoms with Crippen molar-refractivity contribution in [3.63, 3.8) is 0 Å². The van der Waals surface area contributed by atoms with Gasteiger partial charge in [0, 0.05) is 17.7 Å². The Bertz CT molecular complexity index is 844. The largest absolute Gasteiger partial charge is 0.496 e. The second-order valence-electron chi connectivity index (χ2n) is 5.67. The van der Waals surface area contributed by atoms with Crippen molar-refractivity contribution in [2.24, 2.45) is 0 Å². The van der Waals surface area contributed by atoms with Crippen molar-refractivity contribution in [2.75, 3.05) is 28.1 Å². The van der Waals surface area contributed by atoms with Gasteiger partial charge in [0.15, 0.2) is 17.3 Å². The minimum atomic E-state index is -0.122. The molecule has 0 unspecified atom stereocenters. The molecule has 0 saturated heterocycles. The van der Waals surface area contributed by atoms with Crippen LogP contribution in [0.1, 0.15) is 22.8 Å². The van der Waals surface area contributed by atoms with Gasteiger partial charge in [0.25, 0.3) is 0 Å². The van der Waals surface area contributed by atoms with Crippen LogP contribution in [0, 0.1) is 0 Å². The summed E-state index contributed by atoms with van der Waals surface area (Å²) in [7, 11) is 4.68. The summed E-state index contributed by atoms with van der Waals surface area (Å²) < 4.78 is 26.7. The second-order valence-corrected chi connectivity index (χ2v) is 5.67. The molecule has 0 N–H and O–H groups in total. The minimum Gasteiger partial charge on any atom is -0.496 e. The summed E-state index contributed by atoms with van der Waals surface area (Å²) >= 11 is 0. The zero-order chi connectivity index (χ0) is 18.7. The van der Waals surface area contributed by atoms with E-state index in [1.807, 2.05) is 0 Å². The molecule has 1 aliphatic heterocycles. The number of carbonyl (C=O) groups excluding carboxylic acids is 1. The van der Waals surface area contributed by atoms with E-state index in [-0.39, 0.29) is 12.6 Å². The van der Waals surface area contributed by atoms with Crippen molar-refractivity contribution in [3.05, 3.63) is 47.0 Å². The Balaban J connectivity index is 1.97. The lowest BCUT2D eigenvalue weighted by Crippen LogP contribution is -2.02. The highest BCUT2D eigenvalue weighted by atomic mass is 16.7. The molecule has 0 atom stereocenters. The lowest BCUT2D eigenvalue weighted by molar-refractivity contribution is 0.103. The summed E-state index contributed by atoms with van der Waals surface area (Å²) in [5, 5.41) is 0. The zero-order valence-corrected chi connectivity index (χ0v) is 15.1. The fourth-order valence-electron chi connectivity index (χ4n) is 2.72. The molecule has 0 amide bonds. The summed E-state index contributed by atoms with van der Waals surface area (Å²) in [6, 6.07) is 8.62. The molecule has 0 fully saturated rings. The van der Waals surface area contributed by atoms with Gasteiger partial charge in [-0.05, 0) is 36.8 Å². The van der Waals surface area contributed by atoms with Crippen LogP contribution in [0.4, 0.5) is 0 Å². The molecule has 0 spiro atoms. The summed E-state index contributed by atoms with van der Waals surface area (Å²) in [4.78, 5) is 12.8. The van der Waals surface area contributed by atoms with Crippen LogP contribution >= 0.6 is 0 Å². The van der Waals surface area contributed by atoms with Gasteiger partial charge in [-0.1, -0.05) is 0 Å². The summed E-state index contributed by atoms with van der Waals surface area (Å²) in [6.45, 7) is 1.91. The van der Waals surface area contributed by atoms with E-state index in [0.717, 1.165) is 0 Å². The predicted molar refractivity (Wildman–Crippen MR) is 96.6 cm³/mol. The number of hydrogen-bond donors (Lipinski definition) is 0. The van der Waals surface area contributed by atoms with Crippen molar-refractivity contribution in [1.82, 2.24) is 0 Å². The van der Waals surface area contributed by atoms with E-state index in [1.165, 1.54) is 0 Å². The third kappa shape index (κ3) is 3.31. The first-order valence-electron chi connectivity index (χ1n) is 8.00. The molecule has 0 aromatic heterocycles. The molecule has 0 bridgehead atoms. The van der Waals surface area contributed by atoms with Crippen LogP contribution in [-0.4, -0.2) is 33.9 Å². The average molecular weight is 356 g/mol. The Morgan fingerprint density at radius 3 is 2.23 bits per heavy atom. The first-order chi connectivity index (χ1) is 12.6. The molecule has 3 rings (SSSR count). The standard InChI is InChI=1S/C20H20O6/c1-12(20(21)13-5-6-16-19(8-13)26-11-25-16)7-15-17(23-3)9-14(22-2)10-18(15)24-4/h5-10H,11H2,1-4H3/b12-7+. The van der Waals surface area contributed by atoms with Crippen LogP contribution in [0.3, 0.4) is 0 Å². The van der Waals surface area contributed by atoms with Crippen molar-refractivity contribution in [1.29, 1.82) is 0 Å². The highest BCUT2D eigenvalue weighted by molar-refractivity contribution is 6.11. The number of carbonyl (C=O) groups is 1.